The minimum absolute atomic E-state index is 0.312. The first-order chi connectivity index (χ1) is 6.68. The Kier molecular flexibility index (Phi) is 2.91. The smallest absolute Gasteiger partial charge is 0.0591 e. The second-order valence-electron chi connectivity index (χ2n) is 4.18. The monoisotopic (exact) mass is 210 g/mol. The second-order valence-corrected chi connectivity index (χ2v) is 5.50. The summed E-state index contributed by atoms with van der Waals surface area (Å²) < 4.78 is 0. The van der Waals surface area contributed by atoms with Gasteiger partial charge in [0, 0.05) is 15.8 Å². The Morgan fingerprint density at radius 1 is 1.50 bits per heavy atom. The van der Waals surface area contributed by atoms with Crippen LogP contribution in [0.3, 0.4) is 0 Å². The van der Waals surface area contributed by atoms with Gasteiger partial charge >= 0.3 is 0 Å². The highest BCUT2D eigenvalue weighted by molar-refractivity contribution is 7.12. The van der Waals surface area contributed by atoms with Crippen molar-refractivity contribution < 1.29 is 0 Å². The Bertz CT molecular complexity index is 298. The molecule has 2 nitrogen and oxygen atoms in total. The van der Waals surface area contributed by atoms with Gasteiger partial charge in [0.25, 0.3) is 0 Å². The first kappa shape index (κ1) is 10.1. The molecule has 3 heteroatoms. The predicted octanol–water partition coefficient (Wildman–Crippen LogP) is 2.15. The number of hydrogen-bond acceptors (Lipinski definition) is 3. The van der Waals surface area contributed by atoms with Crippen molar-refractivity contribution >= 4 is 11.3 Å². The molecule has 2 rings (SSSR count). The number of likely N-dealkylation sites (N-methyl/N-ethyl adjacent to an activating group) is 1. The summed E-state index contributed by atoms with van der Waals surface area (Å²) in [5, 5.41) is 0. The fourth-order valence-corrected chi connectivity index (χ4v) is 3.36. The van der Waals surface area contributed by atoms with Crippen LogP contribution in [0.5, 0.6) is 0 Å². The third-order valence-electron chi connectivity index (χ3n) is 2.98. The van der Waals surface area contributed by atoms with E-state index in [0.29, 0.717) is 12.1 Å². The number of thiophene rings is 1. The van der Waals surface area contributed by atoms with Crippen LogP contribution in [0.2, 0.25) is 0 Å². The van der Waals surface area contributed by atoms with E-state index < -0.39 is 0 Å². The molecule has 2 atom stereocenters. The highest BCUT2D eigenvalue weighted by atomic mass is 32.1. The summed E-state index contributed by atoms with van der Waals surface area (Å²) >= 11 is 1.88. The van der Waals surface area contributed by atoms with Crippen LogP contribution < -0.4 is 5.73 Å². The molecule has 1 aromatic heterocycles. The SMILES string of the molecule is Cc1ccc(C2C(N)CCCN2C)s1. The summed E-state index contributed by atoms with van der Waals surface area (Å²) in [6, 6.07) is 5.18. The van der Waals surface area contributed by atoms with E-state index >= 15 is 0 Å². The van der Waals surface area contributed by atoms with Gasteiger partial charge in [-0.1, -0.05) is 0 Å². The highest BCUT2D eigenvalue weighted by Crippen LogP contribution is 2.32. The van der Waals surface area contributed by atoms with Crippen molar-refractivity contribution in [3.8, 4) is 0 Å². The van der Waals surface area contributed by atoms with E-state index in [0.717, 1.165) is 6.42 Å². The Balaban J connectivity index is 2.22. The maximum absolute atomic E-state index is 6.18. The van der Waals surface area contributed by atoms with E-state index in [1.807, 2.05) is 11.3 Å². The van der Waals surface area contributed by atoms with Crippen LogP contribution >= 0.6 is 11.3 Å². The van der Waals surface area contributed by atoms with E-state index in [1.165, 1.54) is 22.7 Å². The van der Waals surface area contributed by atoms with Gasteiger partial charge in [-0.25, -0.2) is 0 Å². The molecular weight excluding hydrogens is 192 g/mol. The number of hydrogen-bond donors (Lipinski definition) is 1. The van der Waals surface area contributed by atoms with E-state index in [2.05, 4.69) is 31.0 Å². The lowest BCUT2D eigenvalue weighted by Gasteiger charge is -2.36. The van der Waals surface area contributed by atoms with Crippen LogP contribution in [0.15, 0.2) is 12.1 Å². The van der Waals surface area contributed by atoms with Gasteiger partial charge in [-0.3, -0.25) is 4.90 Å². The van der Waals surface area contributed by atoms with Gasteiger partial charge in [0.05, 0.1) is 6.04 Å². The second kappa shape index (κ2) is 4.01. The van der Waals surface area contributed by atoms with Crippen molar-refractivity contribution in [2.45, 2.75) is 31.8 Å². The lowest BCUT2D eigenvalue weighted by atomic mass is 9.96. The summed E-state index contributed by atoms with van der Waals surface area (Å²) in [4.78, 5) is 5.20. The van der Waals surface area contributed by atoms with E-state index in [4.69, 9.17) is 5.73 Å². The third kappa shape index (κ3) is 1.85. The molecule has 0 bridgehead atoms. The van der Waals surface area contributed by atoms with Gasteiger partial charge in [0.15, 0.2) is 0 Å². The van der Waals surface area contributed by atoms with Crippen LogP contribution in [0.1, 0.15) is 28.6 Å². The molecule has 0 radical (unpaired) electrons. The zero-order chi connectivity index (χ0) is 10.1. The predicted molar refractivity (Wildman–Crippen MR) is 61.6 cm³/mol. The van der Waals surface area contributed by atoms with E-state index in [9.17, 15) is 0 Å². The minimum atomic E-state index is 0.312. The van der Waals surface area contributed by atoms with Crippen LogP contribution in [0.25, 0.3) is 0 Å². The van der Waals surface area contributed by atoms with Crippen molar-refractivity contribution in [2.24, 2.45) is 5.73 Å². The van der Waals surface area contributed by atoms with Crippen LogP contribution in [0.4, 0.5) is 0 Å². The molecule has 0 spiro atoms. The third-order valence-corrected chi connectivity index (χ3v) is 4.05. The van der Waals surface area contributed by atoms with Gasteiger partial charge in [0.1, 0.15) is 0 Å². The zero-order valence-corrected chi connectivity index (χ0v) is 9.68. The van der Waals surface area contributed by atoms with E-state index in [1.54, 1.807) is 0 Å². The first-order valence-electron chi connectivity index (χ1n) is 5.20. The number of aryl methyl sites for hydroxylation is 1. The molecule has 2 heterocycles. The van der Waals surface area contributed by atoms with Gasteiger partial charge in [-0.05, 0) is 45.5 Å². The van der Waals surface area contributed by atoms with Crippen molar-refractivity contribution in [3.63, 3.8) is 0 Å². The van der Waals surface area contributed by atoms with E-state index in [-0.39, 0.29) is 0 Å². The van der Waals surface area contributed by atoms with Gasteiger partial charge in [0.2, 0.25) is 0 Å². The average Bonchev–Trinajstić information content (AvgIpc) is 2.51. The molecular formula is C11H18N2S. The highest BCUT2D eigenvalue weighted by Gasteiger charge is 2.28. The van der Waals surface area contributed by atoms with Crippen LogP contribution in [-0.4, -0.2) is 24.5 Å². The number of piperidine rings is 1. The molecule has 1 aromatic rings. The molecule has 0 aliphatic carbocycles. The molecule has 0 saturated carbocycles. The lowest BCUT2D eigenvalue weighted by molar-refractivity contribution is 0.166. The normalized spacial score (nSPS) is 29.4. The molecule has 1 aliphatic heterocycles. The molecule has 0 aromatic carbocycles. The maximum atomic E-state index is 6.18. The van der Waals surface area contributed by atoms with Gasteiger partial charge in [-0.15, -0.1) is 11.3 Å². The summed E-state index contributed by atoms with van der Waals surface area (Å²) in [6.45, 7) is 3.33. The van der Waals surface area contributed by atoms with Crippen LogP contribution in [0, 0.1) is 6.92 Å². The summed E-state index contributed by atoms with van der Waals surface area (Å²) in [6.07, 6.45) is 2.39. The van der Waals surface area contributed by atoms with Gasteiger partial charge < -0.3 is 5.73 Å². The molecule has 2 unspecified atom stereocenters. The molecule has 1 aliphatic rings. The molecule has 78 valence electrons. The van der Waals surface area contributed by atoms with Crippen molar-refractivity contribution in [3.05, 3.63) is 21.9 Å². The zero-order valence-electron chi connectivity index (χ0n) is 8.86. The molecule has 1 saturated heterocycles. The average molecular weight is 210 g/mol. The van der Waals surface area contributed by atoms with Crippen LogP contribution in [-0.2, 0) is 0 Å². The molecule has 2 N–H and O–H groups in total. The first-order valence-corrected chi connectivity index (χ1v) is 6.02. The number of nitrogens with zero attached hydrogens (tertiary/aromatic N) is 1. The van der Waals surface area contributed by atoms with Gasteiger partial charge in [-0.2, -0.15) is 0 Å². The standard InChI is InChI=1S/C11H18N2S/c1-8-5-6-10(14-8)11-9(12)4-3-7-13(11)2/h5-6,9,11H,3-4,7,12H2,1-2H3. The topological polar surface area (TPSA) is 29.3 Å². The number of nitrogens with two attached hydrogens (primary N) is 1. The summed E-state index contributed by atoms with van der Waals surface area (Å²) in [7, 11) is 2.18. The molecule has 1 fully saturated rings. The number of likely N-dealkylation sites (tertiary alicyclic amines) is 1. The molecule has 14 heavy (non-hydrogen) atoms. The van der Waals surface area contributed by atoms with Crippen molar-refractivity contribution in [2.75, 3.05) is 13.6 Å². The fourth-order valence-electron chi connectivity index (χ4n) is 2.24. The van der Waals surface area contributed by atoms with Crippen molar-refractivity contribution in [1.82, 2.24) is 4.90 Å². The molecule has 0 amide bonds. The Hall–Kier alpha value is -0.380. The largest absolute Gasteiger partial charge is 0.326 e. The fraction of sp³-hybridized carbons (Fsp3) is 0.636. The Morgan fingerprint density at radius 3 is 2.86 bits per heavy atom. The maximum Gasteiger partial charge on any atom is 0.0591 e. The number of rotatable bonds is 1. The Morgan fingerprint density at radius 2 is 2.29 bits per heavy atom. The summed E-state index contributed by atoms with van der Waals surface area (Å²) in [5.41, 5.74) is 6.18. The minimum Gasteiger partial charge on any atom is -0.326 e. The lowest BCUT2D eigenvalue weighted by Crippen LogP contribution is -2.43. The van der Waals surface area contributed by atoms with Crippen molar-refractivity contribution in [1.29, 1.82) is 0 Å². The quantitative estimate of drug-likeness (QED) is 0.769. The summed E-state index contributed by atoms with van der Waals surface area (Å²) in [5.74, 6) is 0. The Labute approximate surface area is 89.7 Å².